The summed E-state index contributed by atoms with van der Waals surface area (Å²) in [7, 11) is 3.14. The lowest BCUT2D eigenvalue weighted by molar-refractivity contribution is 0.0944. The van der Waals surface area contributed by atoms with E-state index in [9.17, 15) is 4.79 Å². The molecule has 1 aliphatic rings. The molecular formula is C22H25N5O3. The fourth-order valence-electron chi connectivity index (χ4n) is 3.81. The van der Waals surface area contributed by atoms with Crippen LogP contribution in [0.2, 0.25) is 0 Å². The number of piperidine rings is 1. The van der Waals surface area contributed by atoms with Crippen LogP contribution in [0.15, 0.2) is 42.9 Å². The second kappa shape index (κ2) is 8.94. The van der Waals surface area contributed by atoms with Crippen LogP contribution in [0.5, 0.6) is 11.5 Å². The Kier molecular flexibility index (Phi) is 5.92. The van der Waals surface area contributed by atoms with Gasteiger partial charge in [-0.1, -0.05) is 0 Å². The average molecular weight is 407 g/mol. The van der Waals surface area contributed by atoms with Gasteiger partial charge in [0, 0.05) is 43.8 Å². The maximum Gasteiger partial charge on any atom is 0.251 e. The minimum absolute atomic E-state index is 0.103. The van der Waals surface area contributed by atoms with Gasteiger partial charge in [0.15, 0.2) is 17.1 Å². The molecule has 0 spiro atoms. The fourth-order valence-corrected chi connectivity index (χ4v) is 3.81. The normalized spacial score (nSPS) is 14.5. The lowest BCUT2D eigenvalue weighted by Crippen LogP contribution is -2.38. The van der Waals surface area contributed by atoms with Crippen LogP contribution >= 0.6 is 0 Å². The van der Waals surface area contributed by atoms with Crippen molar-refractivity contribution in [1.82, 2.24) is 20.3 Å². The molecule has 156 valence electrons. The minimum atomic E-state index is -0.103. The summed E-state index contributed by atoms with van der Waals surface area (Å²) in [6, 6.07) is 7.19. The molecule has 0 aliphatic carbocycles. The van der Waals surface area contributed by atoms with E-state index in [1.54, 1.807) is 51.0 Å². The van der Waals surface area contributed by atoms with E-state index in [1.165, 1.54) is 0 Å². The molecule has 0 radical (unpaired) electrons. The summed E-state index contributed by atoms with van der Waals surface area (Å²) < 4.78 is 10.5. The predicted molar refractivity (Wildman–Crippen MR) is 114 cm³/mol. The van der Waals surface area contributed by atoms with E-state index in [0.29, 0.717) is 35.2 Å². The molecular weight excluding hydrogens is 382 g/mol. The summed E-state index contributed by atoms with van der Waals surface area (Å²) in [6.07, 6.45) is 7.13. The van der Waals surface area contributed by atoms with Crippen molar-refractivity contribution < 1.29 is 14.3 Å². The summed E-state index contributed by atoms with van der Waals surface area (Å²) in [6.45, 7) is 2.47. The zero-order valence-electron chi connectivity index (χ0n) is 17.2. The Balaban J connectivity index is 1.33. The van der Waals surface area contributed by atoms with E-state index in [0.717, 1.165) is 37.1 Å². The second-order valence-electron chi connectivity index (χ2n) is 7.27. The molecule has 0 atom stereocenters. The SMILES string of the molecule is COc1ccc(C(=O)NCC2CCN(c3ccnc4nccnc34)CC2)cc1OC. The van der Waals surface area contributed by atoms with Gasteiger partial charge in [0.1, 0.15) is 5.52 Å². The van der Waals surface area contributed by atoms with Gasteiger partial charge in [-0.15, -0.1) is 0 Å². The van der Waals surface area contributed by atoms with E-state index in [-0.39, 0.29) is 5.91 Å². The molecule has 3 aromatic rings. The van der Waals surface area contributed by atoms with E-state index >= 15 is 0 Å². The van der Waals surface area contributed by atoms with Crippen molar-refractivity contribution in [2.24, 2.45) is 5.92 Å². The maximum absolute atomic E-state index is 12.5. The van der Waals surface area contributed by atoms with Crippen LogP contribution in [-0.2, 0) is 0 Å². The molecule has 30 heavy (non-hydrogen) atoms. The lowest BCUT2D eigenvalue weighted by atomic mass is 9.96. The van der Waals surface area contributed by atoms with Crippen LogP contribution in [0.1, 0.15) is 23.2 Å². The van der Waals surface area contributed by atoms with Gasteiger partial charge in [0.05, 0.1) is 19.9 Å². The van der Waals surface area contributed by atoms with Gasteiger partial charge in [-0.2, -0.15) is 0 Å². The molecule has 0 saturated carbocycles. The van der Waals surface area contributed by atoms with Crippen molar-refractivity contribution in [2.75, 3.05) is 38.8 Å². The van der Waals surface area contributed by atoms with E-state index in [1.807, 2.05) is 6.07 Å². The first-order chi connectivity index (χ1) is 14.7. The van der Waals surface area contributed by atoms with E-state index in [2.05, 4.69) is 25.2 Å². The van der Waals surface area contributed by atoms with Crippen molar-refractivity contribution >= 4 is 22.8 Å². The molecule has 1 aliphatic heterocycles. The Morgan fingerprint density at radius 2 is 1.77 bits per heavy atom. The highest BCUT2D eigenvalue weighted by Crippen LogP contribution is 2.28. The maximum atomic E-state index is 12.5. The number of benzene rings is 1. The van der Waals surface area contributed by atoms with Crippen LogP contribution in [0.3, 0.4) is 0 Å². The van der Waals surface area contributed by atoms with Crippen LogP contribution in [0.4, 0.5) is 5.69 Å². The molecule has 4 rings (SSSR count). The Labute approximate surface area is 175 Å². The second-order valence-corrected chi connectivity index (χ2v) is 7.27. The van der Waals surface area contributed by atoms with Gasteiger partial charge >= 0.3 is 0 Å². The number of carbonyl (C=O) groups is 1. The molecule has 1 saturated heterocycles. The highest BCUT2D eigenvalue weighted by atomic mass is 16.5. The largest absolute Gasteiger partial charge is 0.493 e. The summed E-state index contributed by atoms with van der Waals surface area (Å²) in [5, 5.41) is 3.06. The van der Waals surface area contributed by atoms with Gasteiger partial charge in [-0.3, -0.25) is 4.79 Å². The number of anilines is 1. The number of carbonyl (C=O) groups excluding carboxylic acids is 1. The molecule has 3 heterocycles. The van der Waals surface area contributed by atoms with Crippen molar-refractivity contribution in [1.29, 1.82) is 0 Å². The van der Waals surface area contributed by atoms with Crippen molar-refractivity contribution in [2.45, 2.75) is 12.8 Å². The number of hydrogen-bond donors (Lipinski definition) is 1. The Morgan fingerprint density at radius 1 is 1.03 bits per heavy atom. The third-order valence-electron chi connectivity index (χ3n) is 5.50. The van der Waals surface area contributed by atoms with Crippen molar-refractivity contribution in [3.8, 4) is 11.5 Å². The number of rotatable bonds is 6. The molecule has 1 N–H and O–H groups in total. The molecule has 0 unspecified atom stereocenters. The third-order valence-corrected chi connectivity index (χ3v) is 5.50. The number of fused-ring (bicyclic) bond motifs is 1. The topological polar surface area (TPSA) is 89.5 Å². The molecule has 1 aromatic carbocycles. The summed E-state index contributed by atoms with van der Waals surface area (Å²) >= 11 is 0. The lowest BCUT2D eigenvalue weighted by Gasteiger charge is -2.33. The monoisotopic (exact) mass is 407 g/mol. The third kappa shape index (κ3) is 4.12. The molecule has 1 fully saturated rings. The number of methoxy groups -OCH3 is 2. The van der Waals surface area contributed by atoms with E-state index in [4.69, 9.17) is 9.47 Å². The first-order valence-corrected chi connectivity index (χ1v) is 10.0. The average Bonchev–Trinajstić information content (AvgIpc) is 2.82. The Morgan fingerprint density at radius 3 is 2.53 bits per heavy atom. The zero-order valence-corrected chi connectivity index (χ0v) is 17.2. The van der Waals surface area contributed by atoms with Crippen LogP contribution in [-0.4, -0.2) is 54.7 Å². The first-order valence-electron chi connectivity index (χ1n) is 10.0. The number of aromatic nitrogens is 3. The highest BCUT2D eigenvalue weighted by Gasteiger charge is 2.22. The summed E-state index contributed by atoms with van der Waals surface area (Å²) in [5.74, 6) is 1.49. The van der Waals surface area contributed by atoms with Gasteiger partial charge in [0.2, 0.25) is 0 Å². The highest BCUT2D eigenvalue weighted by molar-refractivity contribution is 5.94. The zero-order chi connectivity index (χ0) is 20.9. The molecule has 1 amide bonds. The van der Waals surface area contributed by atoms with Crippen molar-refractivity contribution in [3.05, 3.63) is 48.4 Å². The summed E-state index contributed by atoms with van der Waals surface area (Å²) in [5.41, 5.74) is 3.13. The van der Waals surface area contributed by atoms with Gasteiger partial charge in [-0.05, 0) is 43.0 Å². The number of hydrogen-bond acceptors (Lipinski definition) is 7. The van der Waals surface area contributed by atoms with Crippen LogP contribution in [0.25, 0.3) is 11.2 Å². The van der Waals surface area contributed by atoms with Gasteiger partial charge < -0.3 is 19.7 Å². The fraction of sp³-hybridized carbons (Fsp3) is 0.364. The van der Waals surface area contributed by atoms with Crippen molar-refractivity contribution in [3.63, 3.8) is 0 Å². The summed E-state index contributed by atoms with van der Waals surface area (Å²) in [4.78, 5) is 27.9. The minimum Gasteiger partial charge on any atom is -0.493 e. The molecule has 2 aromatic heterocycles. The van der Waals surface area contributed by atoms with Gasteiger partial charge in [-0.25, -0.2) is 15.0 Å². The number of ether oxygens (including phenoxy) is 2. The molecule has 8 heteroatoms. The smallest absolute Gasteiger partial charge is 0.251 e. The quantitative estimate of drug-likeness (QED) is 0.672. The number of nitrogens with zero attached hydrogens (tertiary/aromatic N) is 4. The van der Waals surface area contributed by atoms with Crippen LogP contribution < -0.4 is 19.7 Å². The van der Waals surface area contributed by atoms with E-state index < -0.39 is 0 Å². The Hall–Kier alpha value is -3.42. The van der Waals surface area contributed by atoms with Crippen LogP contribution in [0, 0.1) is 5.92 Å². The van der Waals surface area contributed by atoms with Gasteiger partial charge in [0.25, 0.3) is 5.91 Å². The molecule has 8 nitrogen and oxygen atoms in total. The number of amides is 1. The standard InChI is InChI=1S/C22H25N5O3/c1-29-18-4-3-16(13-19(18)30-2)22(28)26-14-15-6-11-27(12-7-15)17-5-8-24-21-20(17)23-9-10-25-21/h3-5,8-10,13,15H,6-7,11-12,14H2,1-2H3,(H,26,28). The number of nitrogens with one attached hydrogen (secondary N) is 1. The Bertz CT molecular complexity index is 1030. The predicted octanol–water partition coefficient (Wildman–Crippen LogP) is 2.69. The first kappa shape index (κ1) is 19.9. The number of pyridine rings is 1. The molecule has 0 bridgehead atoms.